The van der Waals surface area contributed by atoms with Crippen molar-refractivity contribution in [2.45, 2.75) is 25.3 Å². The van der Waals surface area contributed by atoms with Crippen molar-refractivity contribution in [1.29, 1.82) is 0 Å². The molecule has 6 heteroatoms. The summed E-state index contributed by atoms with van der Waals surface area (Å²) in [6.07, 6.45) is 2.38. The van der Waals surface area contributed by atoms with E-state index in [9.17, 15) is 14.0 Å². The van der Waals surface area contributed by atoms with Crippen molar-refractivity contribution < 1.29 is 18.7 Å². The average Bonchev–Trinajstić information content (AvgIpc) is 2.62. The number of piperidine rings is 1. The number of amides is 2. The number of hydrogen-bond donors (Lipinski definition) is 0. The normalized spacial score (nSPS) is 22.0. The smallest absolute Gasteiger partial charge is 0.257 e. The molecule has 0 spiro atoms. The Bertz CT molecular complexity index is 587. The van der Waals surface area contributed by atoms with Gasteiger partial charge in [0.05, 0.1) is 18.8 Å². The maximum Gasteiger partial charge on any atom is 0.257 e. The third-order valence-electron chi connectivity index (χ3n) is 4.48. The van der Waals surface area contributed by atoms with E-state index in [0.717, 1.165) is 12.8 Å². The second-order valence-electron chi connectivity index (χ2n) is 5.93. The summed E-state index contributed by atoms with van der Waals surface area (Å²) >= 11 is 0. The minimum Gasteiger partial charge on any atom is -0.378 e. The molecule has 2 fully saturated rings. The number of halogens is 1. The molecule has 3 rings (SSSR count). The molecule has 23 heavy (non-hydrogen) atoms. The van der Waals surface area contributed by atoms with Crippen LogP contribution in [0.3, 0.4) is 0 Å². The summed E-state index contributed by atoms with van der Waals surface area (Å²) in [4.78, 5) is 28.8. The zero-order chi connectivity index (χ0) is 16.2. The van der Waals surface area contributed by atoms with Crippen molar-refractivity contribution in [3.63, 3.8) is 0 Å². The minimum atomic E-state index is -0.541. The number of benzene rings is 1. The van der Waals surface area contributed by atoms with Gasteiger partial charge in [0.25, 0.3) is 5.91 Å². The van der Waals surface area contributed by atoms with E-state index in [1.165, 1.54) is 12.1 Å². The number of carbonyl (C=O) groups excluding carboxylic acids is 2. The zero-order valence-corrected chi connectivity index (χ0v) is 13.0. The number of ether oxygens (including phenoxy) is 1. The van der Waals surface area contributed by atoms with E-state index < -0.39 is 17.8 Å². The fraction of sp³-hybridized carbons (Fsp3) is 0.529. The molecular formula is C17H21FN2O3. The molecule has 2 heterocycles. The Labute approximate surface area is 135 Å². The molecule has 2 aliphatic rings. The van der Waals surface area contributed by atoms with Gasteiger partial charge in [-0.1, -0.05) is 12.1 Å². The summed E-state index contributed by atoms with van der Waals surface area (Å²) in [6, 6.07) is 5.45. The molecule has 0 aromatic heterocycles. The summed E-state index contributed by atoms with van der Waals surface area (Å²) in [7, 11) is 0. The van der Waals surface area contributed by atoms with Gasteiger partial charge in [0.15, 0.2) is 0 Å². The molecular weight excluding hydrogens is 299 g/mol. The van der Waals surface area contributed by atoms with Crippen LogP contribution >= 0.6 is 0 Å². The Kier molecular flexibility index (Phi) is 4.91. The molecule has 2 amide bonds. The van der Waals surface area contributed by atoms with Gasteiger partial charge in [-0.15, -0.1) is 0 Å². The first-order valence-corrected chi connectivity index (χ1v) is 8.10. The molecule has 0 unspecified atom stereocenters. The van der Waals surface area contributed by atoms with Gasteiger partial charge in [-0.3, -0.25) is 9.59 Å². The third-order valence-corrected chi connectivity index (χ3v) is 4.48. The fourth-order valence-corrected chi connectivity index (χ4v) is 3.22. The van der Waals surface area contributed by atoms with Crippen LogP contribution in [0.4, 0.5) is 4.39 Å². The van der Waals surface area contributed by atoms with Crippen molar-refractivity contribution in [2.24, 2.45) is 0 Å². The molecule has 2 saturated heterocycles. The quantitative estimate of drug-likeness (QED) is 0.833. The van der Waals surface area contributed by atoms with Crippen molar-refractivity contribution in [3.05, 3.63) is 35.6 Å². The first kappa shape index (κ1) is 15.9. The van der Waals surface area contributed by atoms with Crippen LogP contribution in [-0.4, -0.2) is 60.5 Å². The van der Waals surface area contributed by atoms with Crippen LogP contribution in [0, 0.1) is 5.82 Å². The van der Waals surface area contributed by atoms with Gasteiger partial charge in [-0.2, -0.15) is 0 Å². The summed E-state index contributed by atoms with van der Waals surface area (Å²) < 4.78 is 19.2. The molecule has 5 nitrogen and oxygen atoms in total. The maximum absolute atomic E-state index is 13.9. The van der Waals surface area contributed by atoms with E-state index in [0.29, 0.717) is 39.3 Å². The van der Waals surface area contributed by atoms with Crippen molar-refractivity contribution in [2.75, 3.05) is 32.8 Å². The lowest BCUT2D eigenvalue weighted by Crippen LogP contribution is -2.55. The second kappa shape index (κ2) is 7.08. The molecule has 1 aromatic rings. The summed E-state index contributed by atoms with van der Waals surface area (Å²) in [6.45, 7) is 2.65. The highest BCUT2D eigenvalue weighted by Crippen LogP contribution is 2.23. The van der Waals surface area contributed by atoms with Crippen molar-refractivity contribution in [3.8, 4) is 0 Å². The van der Waals surface area contributed by atoms with Crippen molar-refractivity contribution in [1.82, 2.24) is 9.80 Å². The van der Waals surface area contributed by atoms with Crippen LogP contribution in [0.15, 0.2) is 24.3 Å². The van der Waals surface area contributed by atoms with Crippen LogP contribution in [0.25, 0.3) is 0 Å². The molecule has 0 radical (unpaired) electrons. The van der Waals surface area contributed by atoms with E-state index in [1.54, 1.807) is 21.9 Å². The lowest BCUT2D eigenvalue weighted by molar-refractivity contribution is -0.141. The molecule has 0 saturated carbocycles. The number of hydrogen-bond acceptors (Lipinski definition) is 3. The van der Waals surface area contributed by atoms with E-state index in [4.69, 9.17) is 4.74 Å². The largest absolute Gasteiger partial charge is 0.378 e. The van der Waals surface area contributed by atoms with Crippen LogP contribution in [-0.2, 0) is 9.53 Å². The number of rotatable bonds is 2. The lowest BCUT2D eigenvalue weighted by Gasteiger charge is -2.38. The van der Waals surface area contributed by atoms with Gasteiger partial charge in [-0.05, 0) is 31.4 Å². The lowest BCUT2D eigenvalue weighted by atomic mass is 9.99. The SMILES string of the molecule is O=C([C@@H]1CCCCN1C(=O)c1ccccc1F)N1CCOCC1. The van der Waals surface area contributed by atoms with Gasteiger partial charge >= 0.3 is 0 Å². The summed E-state index contributed by atoms with van der Waals surface area (Å²) in [5.41, 5.74) is 0.0363. The fourth-order valence-electron chi connectivity index (χ4n) is 3.22. The Morgan fingerprint density at radius 3 is 2.57 bits per heavy atom. The Morgan fingerprint density at radius 1 is 1.09 bits per heavy atom. The van der Waals surface area contributed by atoms with Gasteiger partial charge in [0.2, 0.25) is 5.91 Å². The maximum atomic E-state index is 13.9. The molecule has 1 atom stereocenters. The third kappa shape index (κ3) is 3.37. The Balaban J connectivity index is 1.79. The monoisotopic (exact) mass is 320 g/mol. The average molecular weight is 320 g/mol. The van der Waals surface area contributed by atoms with Crippen molar-refractivity contribution >= 4 is 11.8 Å². The van der Waals surface area contributed by atoms with E-state index in [-0.39, 0.29) is 11.5 Å². The summed E-state index contributed by atoms with van der Waals surface area (Å²) in [5.74, 6) is -0.979. The van der Waals surface area contributed by atoms with E-state index in [2.05, 4.69) is 0 Å². The minimum absolute atomic E-state index is 0.0363. The van der Waals surface area contributed by atoms with Gasteiger partial charge < -0.3 is 14.5 Å². The number of nitrogens with zero attached hydrogens (tertiary/aromatic N) is 2. The zero-order valence-electron chi connectivity index (χ0n) is 13.0. The van der Waals surface area contributed by atoms with Crippen LogP contribution in [0.5, 0.6) is 0 Å². The highest BCUT2D eigenvalue weighted by atomic mass is 19.1. The summed E-state index contributed by atoms with van der Waals surface area (Å²) in [5, 5.41) is 0. The highest BCUT2D eigenvalue weighted by molar-refractivity contribution is 5.98. The molecule has 0 bridgehead atoms. The Morgan fingerprint density at radius 2 is 1.83 bits per heavy atom. The van der Waals surface area contributed by atoms with Crippen LogP contribution in [0.2, 0.25) is 0 Å². The van der Waals surface area contributed by atoms with Gasteiger partial charge in [0.1, 0.15) is 11.9 Å². The number of morpholine rings is 1. The van der Waals surface area contributed by atoms with Gasteiger partial charge in [0, 0.05) is 19.6 Å². The number of carbonyl (C=O) groups is 2. The van der Waals surface area contributed by atoms with E-state index in [1.807, 2.05) is 0 Å². The molecule has 0 N–H and O–H groups in total. The van der Waals surface area contributed by atoms with Crippen LogP contribution < -0.4 is 0 Å². The standard InChI is InChI=1S/C17H21FN2O3/c18-14-6-2-1-5-13(14)16(21)20-8-4-3-7-15(20)17(22)19-9-11-23-12-10-19/h1-2,5-6,15H,3-4,7-12H2/t15-/m0/s1. The topological polar surface area (TPSA) is 49.9 Å². The molecule has 124 valence electrons. The highest BCUT2D eigenvalue weighted by Gasteiger charge is 2.36. The van der Waals surface area contributed by atoms with E-state index >= 15 is 0 Å². The molecule has 0 aliphatic carbocycles. The Hall–Kier alpha value is -1.95. The predicted molar refractivity (Wildman–Crippen MR) is 82.5 cm³/mol. The first-order valence-electron chi connectivity index (χ1n) is 8.10. The second-order valence-corrected chi connectivity index (χ2v) is 5.93. The number of likely N-dealkylation sites (tertiary alicyclic amines) is 1. The molecule has 2 aliphatic heterocycles. The molecule has 1 aromatic carbocycles. The van der Waals surface area contributed by atoms with Crippen LogP contribution in [0.1, 0.15) is 29.6 Å². The predicted octanol–water partition coefficient (Wildman–Crippen LogP) is 1.68. The first-order chi connectivity index (χ1) is 11.2. The van der Waals surface area contributed by atoms with Gasteiger partial charge in [-0.25, -0.2) is 4.39 Å².